The average Bonchev–Trinajstić information content (AvgIpc) is 3.29. The third-order valence-electron chi connectivity index (χ3n) is 6.37. The highest BCUT2D eigenvalue weighted by Crippen LogP contribution is 2.58. The average molecular weight is 441 g/mol. The number of benzene rings is 3. The van der Waals surface area contributed by atoms with Crippen LogP contribution in [0.2, 0.25) is 5.02 Å². The lowest BCUT2D eigenvalue weighted by atomic mass is 9.69. The van der Waals surface area contributed by atoms with Gasteiger partial charge in [0.05, 0.1) is 5.39 Å². The second kappa shape index (κ2) is 5.81. The zero-order valence-corrected chi connectivity index (χ0v) is 17.1. The van der Waals surface area contributed by atoms with Crippen LogP contribution in [0, 0.1) is 0 Å². The van der Waals surface area contributed by atoms with Crippen LogP contribution in [0.1, 0.15) is 16.7 Å². The van der Waals surface area contributed by atoms with E-state index >= 15 is 0 Å². The maximum absolute atomic E-state index is 13.9. The standard InChI is InChI=1S/C25H13ClN2O4/c26-12-9-10-17-15(11-12)25(24(30)28-17)19-13-5-1-3-7-16(13)27-22(19)32-21-14-6-2-4-8-18(14)31-23(29)20(21)25/h1-11,27H,(H,28,30). The summed E-state index contributed by atoms with van der Waals surface area (Å²) >= 11 is 6.38. The Kier molecular flexibility index (Phi) is 3.20. The minimum Gasteiger partial charge on any atom is -0.439 e. The number of carbonyl (C=O) groups excluding carboxylic acids is 1. The van der Waals surface area contributed by atoms with Gasteiger partial charge in [0.15, 0.2) is 5.75 Å². The van der Waals surface area contributed by atoms with Gasteiger partial charge in [-0.1, -0.05) is 41.9 Å². The Labute approximate surface area is 185 Å². The number of anilines is 1. The molecule has 1 spiro atoms. The van der Waals surface area contributed by atoms with Crippen molar-refractivity contribution >= 4 is 45.1 Å². The van der Waals surface area contributed by atoms with Gasteiger partial charge in [-0.15, -0.1) is 0 Å². The van der Waals surface area contributed by atoms with Crippen LogP contribution in [0.5, 0.6) is 11.6 Å². The fourth-order valence-electron chi connectivity index (χ4n) is 5.11. The number of rotatable bonds is 0. The van der Waals surface area contributed by atoms with E-state index in [4.69, 9.17) is 20.8 Å². The van der Waals surface area contributed by atoms with Crippen molar-refractivity contribution in [1.29, 1.82) is 0 Å². The van der Waals surface area contributed by atoms with Crippen LogP contribution in [-0.2, 0) is 10.2 Å². The highest BCUT2D eigenvalue weighted by molar-refractivity contribution is 6.31. The number of nitrogens with one attached hydrogen (secondary N) is 2. The Morgan fingerprint density at radius 1 is 0.875 bits per heavy atom. The minimum absolute atomic E-state index is 0.145. The van der Waals surface area contributed by atoms with Gasteiger partial charge in [-0.3, -0.25) is 4.79 Å². The van der Waals surface area contributed by atoms with Crippen molar-refractivity contribution < 1.29 is 13.9 Å². The van der Waals surface area contributed by atoms with Crippen LogP contribution in [0.25, 0.3) is 21.9 Å². The van der Waals surface area contributed by atoms with Crippen LogP contribution in [0.15, 0.2) is 75.9 Å². The van der Waals surface area contributed by atoms with Gasteiger partial charge in [-0.2, -0.15) is 0 Å². The minimum atomic E-state index is -1.48. The SMILES string of the molecule is O=C1Nc2ccc(Cl)cc2C12c1c(c3ccccc3oc1=O)Oc1[nH]c3ccccc3c12. The van der Waals surface area contributed by atoms with Gasteiger partial charge in [0.2, 0.25) is 11.8 Å². The van der Waals surface area contributed by atoms with Crippen molar-refractivity contribution in [2.75, 3.05) is 5.32 Å². The van der Waals surface area contributed by atoms with Crippen LogP contribution < -0.4 is 15.7 Å². The molecule has 2 aliphatic heterocycles. The molecule has 0 saturated carbocycles. The normalized spacial score (nSPS) is 18.3. The van der Waals surface area contributed by atoms with E-state index in [1.807, 2.05) is 36.4 Å². The Morgan fingerprint density at radius 2 is 1.66 bits per heavy atom. The molecule has 6 nitrogen and oxygen atoms in total. The predicted molar refractivity (Wildman–Crippen MR) is 121 cm³/mol. The number of hydrogen-bond acceptors (Lipinski definition) is 4. The van der Waals surface area contributed by atoms with Gasteiger partial charge < -0.3 is 19.5 Å². The Balaban J connectivity index is 1.75. The molecule has 0 aliphatic carbocycles. The van der Waals surface area contributed by atoms with Crippen LogP contribution >= 0.6 is 11.6 Å². The summed E-state index contributed by atoms with van der Waals surface area (Å²) in [4.78, 5) is 30.6. The largest absolute Gasteiger partial charge is 0.439 e. The molecule has 1 unspecified atom stereocenters. The van der Waals surface area contributed by atoms with E-state index in [9.17, 15) is 9.59 Å². The quantitative estimate of drug-likeness (QED) is 0.319. The van der Waals surface area contributed by atoms with Gasteiger partial charge in [-0.05, 0) is 36.4 Å². The molecule has 154 valence electrons. The van der Waals surface area contributed by atoms with E-state index in [1.54, 1.807) is 30.3 Å². The number of para-hydroxylation sites is 2. The first-order valence-electron chi connectivity index (χ1n) is 10.1. The van der Waals surface area contributed by atoms with E-state index in [-0.39, 0.29) is 11.5 Å². The van der Waals surface area contributed by atoms with Crippen LogP contribution in [0.4, 0.5) is 5.69 Å². The predicted octanol–water partition coefficient (Wildman–Crippen LogP) is 5.32. The van der Waals surface area contributed by atoms with E-state index in [0.29, 0.717) is 44.4 Å². The molecule has 7 heteroatoms. The lowest BCUT2D eigenvalue weighted by Crippen LogP contribution is -2.43. The van der Waals surface area contributed by atoms with Gasteiger partial charge in [-0.25, -0.2) is 4.79 Å². The molecule has 1 atom stereocenters. The molecule has 0 fully saturated rings. The molecule has 0 radical (unpaired) electrons. The molecule has 32 heavy (non-hydrogen) atoms. The monoisotopic (exact) mass is 440 g/mol. The Hall–Kier alpha value is -4.03. The molecule has 5 aromatic rings. The third kappa shape index (κ3) is 1.96. The molecule has 2 aliphatic rings. The van der Waals surface area contributed by atoms with Crippen molar-refractivity contribution in [1.82, 2.24) is 4.98 Å². The van der Waals surface area contributed by atoms with Crippen molar-refractivity contribution in [3.63, 3.8) is 0 Å². The molecule has 0 bridgehead atoms. The topological polar surface area (TPSA) is 84.3 Å². The molecule has 2 aromatic heterocycles. The first kappa shape index (κ1) is 17.6. The number of halogens is 1. The molecule has 2 N–H and O–H groups in total. The Morgan fingerprint density at radius 3 is 2.53 bits per heavy atom. The zero-order valence-electron chi connectivity index (χ0n) is 16.4. The van der Waals surface area contributed by atoms with Crippen molar-refractivity contribution in [3.8, 4) is 11.6 Å². The summed E-state index contributed by atoms with van der Waals surface area (Å²) < 4.78 is 12.0. The van der Waals surface area contributed by atoms with Crippen LogP contribution in [-0.4, -0.2) is 10.9 Å². The molecular weight excluding hydrogens is 428 g/mol. The second-order valence-corrected chi connectivity index (χ2v) is 8.40. The first-order valence-corrected chi connectivity index (χ1v) is 10.4. The lowest BCUT2D eigenvalue weighted by molar-refractivity contribution is -0.118. The molecule has 0 saturated heterocycles. The van der Waals surface area contributed by atoms with Crippen molar-refractivity contribution in [2.45, 2.75) is 5.41 Å². The second-order valence-electron chi connectivity index (χ2n) is 7.96. The molecule has 3 aromatic carbocycles. The van der Waals surface area contributed by atoms with Gasteiger partial charge >= 0.3 is 5.63 Å². The maximum atomic E-state index is 13.9. The zero-order chi connectivity index (χ0) is 21.6. The summed E-state index contributed by atoms with van der Waals surface area (Å²) in [5.74, 6) is 0.365. The number of aromatic nitrogens is 1. The maximum Gasteiger partial charge on any atom is 0.345 e. The first-order chi connectivity index (χ1) is 15.6. The number of amides is 1. The number of hydrogen-bond donors (Lipinski definition) is 2. The van der Waals surface area contributed by atoms with E-state index in [0.717, 1.165) is 10.9 Å². The van der Waals surface area contributed by atoms with Gasteiger partial charge in [0, 0.05) is 32.7 Å². The summed E-state index contributed by atoms with van der Waals surface area (Å²) in [5.41, 5.74) is 0.973. The van der Waals surface area contributed by atoms with E-state index in [1.165, 1.54) is 0 Å². The number of fused-ring (bicyclic) bond motifs is 10. The number of aromatic amines is 1. The number of H-pyrrole nitrogens is 1. The highest BCUT2D eigenvalue weighted by Gasteiger charge is 2.58. The van der Waals surface area contributed by atoms with Crippen molar-refractivity contribution in [3.05, 3.63) is 98.9 Å². The third-order valence-corrected chi connectivity index (χ3v) is 6.60. The summed E-state index contributed by atoms with van der Waals surface area (Å²) in [6.45, 7) is 0. The molecule has 1 amide bonds. The molecule has 4 heterocycles. The number of carbonyl (C=O) groups is 1. The Bertz CT molecular complexity index is 1700. The number of ether oxygens (including phenoxy) is 1. The van der Waals surface area contributed by atoms with Gasteiger partial charge in [0.25, 0.3) is 0 Å². The molecular formula is C25H13ClN2O4. The fourth-order valence-corrected chi connectivity index (χ4v) is 5.29. The van der Waals surface area contributed by atoms with Crippen molar-refractivity contribution in [2.24, 2.45) is 0 Å². The van der Waals surface area contributed by atoms with E-state index in [2.05, 4.69) is 10.3 Å². The van der Waals surface area contributed by atoms with Gasteiger partial charge in [0.1, 0.15) is 16.6 Å². The summed E-state index contributed by atoms with van der Waals surface area (Å²) in [5, 5.41) is 4.79. The summed E-state index contributed by atoms with van der Waals surface area (Å²) in [6, 6.07) is 19.9. The highest BCUT2D eigenvalue weighted by atomic mass is 35.5. The molecule has 7 rings (SSSR count). The fraction of sp³-hybridized carbons (Fsp3) is 0.0400. The lowest BCUT2D eigenvalue weighted by Gasteiger charge is -2.33. The van der Waals surface area contributed by atoms with E-state index < -0.39 is 11.0 Å². The smallest absolute Gasteiger partial charge is 0.345 e. The summed E-state index contributed by atoms with van der Waals surface area (Å²) in [7, 11) is 0. The van der Waals surface area contributed by atoms with Crippen LogP contribution in [0.3, 0.4) is 0 Å². The summed E-state index contributed by atoms with van der Waals surface area (Å²) in [6.07, 6.45) is 0.